The minimum Gasteiger partial charge on any atom is -0.379 e. The molecule has 1 aromatic rings. The van der Waals surface area contributed by atoms with E-state index in [4.69, 9.17) is 4.74 Å². The highest BCUT2D eigenvalue weighted by atomic mass is 16.5. The van der Waals surface area contributed by atoms with E-state index in [0.29, 0.717) is 6.54 Å². The molecule has 4 rings (SSSR count). The molecule has 0 aromatic heterocycles. The van der Waals surface area contributed by atoms with Crippen molar-refractivity contribution in [3.8, 4) is 0 Å². The summed E-state index contributed by atoms with van der Waals surface area (Å²) in [6.07, 6.45) is 9.45. The Labute approximate surface area is 175 Å². The maximum Gasteiger partial charge on any atom is 0.240 e. The molecule has 1 aliphatic carbocycles. The van der Waals surface area contributed by atoms with Gasteiger partial charge in [0.15, 0.2) is 0 Å². The van der Waals surface area contributed by atoms with E-state index in [9.17, 15) is 4.79 Å². The Bertz CT molecular complexity index is 660. The molecule has 160 valence electrons. The number of hydrogen-bond acceptors (Lipinski definition) is 4. The number of nitrogens with one attached hydrogen (secondary N) is 1. The van der Waals surface area contributed by atoms with Crippen molar-refractivity contribution >= 4 is 5.91 Å². The van der Waals surface area contributed by atoms with Crippen LogP contribution in [0, 0.1) is 0 Å². The molecular weight excluding hydrogens is 362 g/mol. The summed E-state index contributed by atoms with van der Waals surface area (Å²) >= 11 is 0. The number of likely N-dealkylation sites (tertiary alicyclic amines) is 1. The number of rotatable bonds is 6. The number of amides is 1. The van der Waals surface area contributed by atoms with Crippen LogP contribution in [0.2, 0.25) is 0 Å². The van der Waals surface area contributed by atoms with Gasteiger partial charge >= 0.3 is 0 Å². The first-order valence-electron chi connectivity index (χ1n) is 11.7. The predicted molar refractivity (Wildman–Crippen MR) is 116 cm³/mol. The molecule has 0 radical (unpaired) electrons. The summed E-state index contributed by atoms with van der Waals surface area (Å²) in [5, 5.41) is 3.36. The van der Waals surface area contributed by atoms with Crippen LogP contribution in [-0.4, -0.2) is 60.6 Å². The van der Waals surface area contributed by atoms with Crippen LogP contribution < -0.4 is 5.32 Å². The second kappa shape index (κ2) is 10.1. The number of piperidine rings is 1. The summed E-state index contributed by atoms with van der Waals surface area (Å²) in [4.78, 5) is 18.5. The third-order valence-electron chi connectivity index (χ3n) is 7.12. The van der Waals surface area contributed by atoms with Crippen molar-refractivity contribution in [2.75, 3.05) is 39.4 Å². The van der Waals surface area contributed by atoms with Gasteiger partial charge in [-0.15, -0.1) is 0 Å². The molecule has 5 heteroatoms. The first-order valence-corrected chi connectivity index (χ1v) is 11.7. The highest BCUT2D eigenvalue weighted by Gasteiger charge is 2.44. The van der Waals surface area contributed by atoms with Gasteiger partial charge in [0.2, 0.25) is 5.91 Å². The number of morpholine rings is 1. The number of carbonyl (C=O) groups is 1. The van der Waals surface area contributed by atoms with Crippen molar-refractivity contribution in [1.29, 1.82) is 0 Å². The van der Waals surface area contributed by atoms with Crippen LogP contribution in [0.5, 0.6) is 0 Å². The molecule has 2 aliphatic heterocycles. The fraction of sp³-hybridized carbons (Fsp3) is 0.708. The Morgan fingerprint density at radius 3 is 2.28 bits per heavy atom. The van der Waals surface area contributed by atoms with Crippen LogP contribution in [0.1, 0.15) is 62.5 Å². The molecule has 1 aromatic carbocycles. The number of ether oxygens (including phenoxy) is 1. The SMILES string of the molecule is O=C(NCc1ccccc1CN1CCOCC1)C1(N2CCCCC2)CCCCC1. The van der Waals surface area contributed by atoms with Crippen LogP contribution in [0.15, 0.2) is 24.3 Å². The lowest BCUT2D eigenvalue weighted by Crippen LogP contribution is -2.60. The van der Waals surface area contributed by atoms with Gasteiger partial charge in [0.1, 0.15) is 5.54 Å². The van der Waals surface area contributed by atoms with Gasteiger partial charge in [-0.3, -0.25) is 14.6 Å². The van der Waals surface area contributed by atoms with Crippen molar-refractivity contribution in [3.05, 3.63) is 35.4 Å². The zero-order valence-corrected chi connectivity index (χ0v) is 17.8. The molecule has 29 heavy (non-hydrogen) atoms. The fourth-order valence-electron chi connectivity index (χ4n) is 5.37. The quantitative estimate of drug-likeness (QED) is 0.797. The molecule has 3 aliphatic rings. The lowest BCUT2D eigenvalue weighted by Gasteiger charge is -2.46. The van der Waals surface area contributed by atoms with Gasteiger partial charge in [-0.25, -0.2) is 0 Å². The van der Waals surface area contributed by atoms with Crippen molar-refractivity contribution < 1.29 is 9.53 Å². The summed E-state index contributed by atoms with van der Waals surface area (Å²) < 4.78 is 5.48. The highest BCUT2D eigenvalue weighted by molar-refractivity contribution is 5.86. The topological polar surface area (TPSA) is 44.8 Å². The van der Waals surface area contributed by atoms with Gasteiger partial charge in [-0.1, -0.05) is 49.9 Å². The molecule has 5 nitrogen and oxygen atoms in total. The highest BCUT2D eigenvalue weighted by Crippen LogP contribution is 2.36. The van der Waals surface area contributed by atoms with Crippen molar-refractivity contribution in [2.45, 2.75) is 70.0 Å². The predicted octanol–water partition coefficient (Wildman–Crippen LogP) is 3.32. The average Bonchev–Trinajstić information content (AvgIpc) is 2.80. The van der Waals surface area contributed by atoms with E-state index in [1.54, 1.807) is 0 Å². The van der Waals surface area contributed by atoms with Gasteiger partial charge in [-0.2, -0.15) is 0 Å². The molecule has 1 amide bonds. The first kappa shape index (κ1) is 20.8. The Kier molecular flexibility index (Phi) is 7.22. The maximum atomic E-state index is 13.5. The molecule has 0 spiro atoms. The second-order valence-electron chi connectivity index (χ2n) is 8.98. The minimum atomic E-state index is -0.266. The Balaban J connectivity index is 1.42. The summed E-state index contributed by atoms with van der Waals surface area (Å²) in [6, 6.07) is 8.57. The molecule has 0 unspecified atom stereocenters. The van der Waals surface area contributed by atoms with E-state index in [2.05, 4.69) is 39.4 Å². The second-order valence-corrected chi connectivity index (χ2v) is 8.98. The third-order valence-corrected chi connectivity index (χ3v) is 7.12. The average molecular weight is 400 g/mol. The lowest BCUT2D eigenvalue weighted by molar-refractivity contribution is -0.137. The first-order chi connectivity index (χ1) is 14.3. The Hall–Kier alpha value is -1.43. The molecule has 3 fully saturated rings. The molecule has 1 N–H and O–H groups in total. The fourth-order valence-corrected chi connectivity index (χ4v) is 5.37. The molecular formula is C24H37N3O2. The Morgan fingerprint density at radius 1 is 0.897 bits per heavy atom. The molecule has 2 heterocycles. The van der Waals surface area contributed by atoms with Gasteiger partial charge in [0.05, 0.1) is 13.2 Å². The largest absolute Gasteiger partial charge is 0.379 e. The third kappa shape index (κ3) is 5.01. The van der Waals surface area contributed by atoms with Gasteiger partial charge in [-0.05, 0) is 49.9 Å². The van der Waals surface area contributed by atoms with Crippen molar-refractivity contribution in [2.24, 2.45) is 0 Å². The van der Waals surface area contributed by atoms with E-state index < -0.39 is 0 Å². The summed E-state index contributed by atoms with van der Waals surface area (Å²) in [5.74, 6) is 0.264. The van der Waals surface area contributed by atoms with Crippen molar-refractivity contribution in [1.82, 2.24) is 15.1 Å². The minimum absolute atomic E-state index is 0.264. The number of carbonyl (C=O) groups excluding carboxylic acids is 1. The van der Waals surface area contributed by atoms with Gasteiger partial charge < -0.3 is 10.1 Å². The molecule has 0 atom stereocenters. The van der Waals surface area contributed by atoms with E-state index in [-0.39, 0.29) is 11.4 Å². The smallest absolute Gasteiger partial charge is 0.240 e. The van der Waals surface area contributed by atoms with Gasteiger partial charge in [0, 0.05) is 26.2 Å². The maximum absolute atomic E-state index is 13.5. The van der Waals surface area contributed by atoms with Crippen LogP contribution >= 0.6 is 0 Å². The monoisotopic (exact) mass is 399 g/mol. The zero-order chi connectivity index (χ0) is 19.9. The van der Waals surface area contributed by atoms with E-state index in [1.807, 2.05) is 0 Å². The standard InChI is InChI=1S/C24H37N3O2/c28-23(24(11-5-1-6-12-24)27-13-7-2-8-14-27)25-19-21-9-3-4-10-22(21)20-26-15-17-29-18-16-26/h3-4,9-10H,1-2,5-8,11-20H2,(H,25,28). The molecule has 1 saturated carbocycles. The number of nitrogens with zero attached hydrogens (tertiary/aromatic N) is 2. The lowest BCUT2D eigenvalue weighted by atomic mass is 9.78. The van der Waals surface area contributed by atoms with Crippen LogP contribution in [0.25, 0.3) is 0 Å². The van der Waals surface area contributed by atoms with Gasteiger partial charge in [0.25, 0.3) is 0 Å². The summed E-state index contributed by atoms with van der Waals surface area (Å²) in [7, 11) is 0. The van der Waals surface area contributed by atoms with Crippen LogP contribution in [0.4, 0.5) is 0 Å². The summed E-state index contributed by atoms with van der Waals surface area (Å²) in [6.45, 7) is 7.34. The van der Waals surface area contributed by atoms with E-state index in [1.165, 1.54) is 49.7 Å². The molecule has 2 saturated heterocycles. The number of benzene rings is 1. The van der Waals surface area contributed by atoms with Crippen LogP contribution in [-0.2, 0) is 22.6 Å². The Morgan fingerprint density at radius 2 is 1.55 bits per heavy atom. The van der Waals surface area contributed by atoms with E-state index in [0.717, 1.165) is 58.8 Å². The van der Waals surface area contributed by atoms with Crippen LogP contribution in [0.3, 0.4) is 0 Å². The summed E-state index contributed by atoms with van der Waals surface area (Å²) in [5.41, 5.74) is 2.31. The number of hydrogen-bond donors (Lipinski definition) is 1. The van der Waals surface area contributed by atoms with E-state index >= 15 is 0 Å². The van der Waals surface area contributed by atoms with Crippen molar-refractivity contribution in [3.63, 3.8) is 0 Å². The zero-order valence-electron chi connectivity index (χ0n) is 17.8. The molecule has 0 bridgehead atoms. The normalized spacial score (nSPS) is 23.6.